The first-order valence-electron chi connectivity index (χ1n) is 26.1. The van der Waals surface area contributed by atoms with Crippen molar-refractivity contribution < 1.29 is 14.7 Å². The average molecular weight is 1120 g/mol. The Kier molecular flexibility index (Phi) is 17.3. The van der Waals surface area contributed by atoms with Crippen LogP contribution < -0.4 is 5.32 Å². The fraction of sp³-hybridized carbons (Fsp3) is 0.500. The zero-order chi connectivity index (χ0) is 55.6. The number of hydrogen-bond donors (Lipinski definition) is 2. The third-order valence-electron chi connectivity index (χ3n) is 13.3. The lowest BCUT2D eigenvalue weighted by atomic mass is 9.89. The van der Waals surface area contributed by atoms with E-state index in [-0.39, 0.29) is 46.6 Å². The maximum atomic E-state index is 13.0. The summed E-state index contributed by atoms with van der Waals surface area (Å²) in [5.74, 6) is 1.57. The van der Waals surface area contributed by atoms with E-state index in [4.69, 9.17) is 58.2 Å². The van der Waals surface area contributed by atoms with Gasteiger partial charge in [-0.05, 0) is 75.2 Å². The van der Waals surface area contributed by atoms with Crippen molar-refractivity contribution in [3.63, 3.8) is 0 Å². The molecule has 0 aliphatic carbocycles. The van der Waals surface area contributed by atoms with Gasteiger partial charge < -0.3 is 24.5 Å². The van der Waals surface area contributed by atoms with Crippen molar-refractivity contribution in [3.05, 3.63) is 103 Å². The molecular formula is C56H70Cl2N14O3S2. The highest BCUT2D eigenvalue weighted by atomic mass is 35.5. The summed E-state index contributed by atoms with van der Waals surface area (Å²) in [5, 5.41) is 14.1. The number of imidazole rings is 2. The maximum absolute atomic E-state index is 13.0. The fourth-order valence-corrected chi connectivity index (χ4v) is 11.4. The van der Waals surface area contributed by atoms with Gasteiger partial charge in [-0.1, -0.05) is 106 Å². The summed E-state index contributed by atoms with van der Waals surface area (Å²) in [6.45, 7) is 29.4. The number of aromatic nitrogens is 12. The topological polar surface area (TPSA) is 208 Å². The number of nitrogens with zero attached hydrogens (tertiary/aromatic N) is 13. The number of rotatable bonds is 8. The standard InChI is InChI=1S/C28H34ClN7OS.C20H29ClN4S.C8H7N3O2/c1-27(2,3)20-14-19(32-26(33-20)28(4,5)6)22-23(29)38-25(34-22)17-9-12-35(13-10-17)21(37)15-36-16-31-18-8-7-11-30-24(18)36;1-19(2,3)14-11-13(23-18(24-14)20(4,5)6)15-16(21)26-17(25-15)12-7-9-22-10-8-12;12-7(13)4-11-5-10-6-2-1-3-9-8(6)11/h7-8,11,14,16-17H,9-10,12-13,15H2,1-6H3;11-12,22H,7-10H2,1-6H3;1-3,5H,4H2,(H,12,13). The van der Waals surface area contributed by atoms with Gasteiger partial charge in [-0.3, -0.25) is 9.59 Å². The summed E-state index contributed by atoms with van der Waals surface area (Å²) in [6, 6.07) is 11.4. The summed E-state index contributed by atoms with van der Waals surface area (Å²) in [5.41, 5.74) is 7.49. The number of likely N-dealkylation sites (tertiary alicyclic amines) is 1. The minimum Gasteiger partial charge on any atom is -0.480 e. The van der Waals surface area contributed by atoms with Crippen LogP contribution in [0.4, 0.5) is 0 Å². The number of amides is 1. The first-order valence-corrected chi connectivity index (χ1v) is 28.5. The van der Waals surface area contributed by atoms with Gasteiger partial charge in [-0.15, -0.1) is 22.7 Å². The molecule has 2 aliphatic heterocycles. The lowest BCUT2D eigenvalue weighted by Gasteiger charge is -2.31. The van der Waals surface area contributed by atoms with Crippen LogP contribution in [0.2, 0.25) is 8.67 Å². The quantitative estimate of drug-likeness (QED) is 0.145. The van der Waals surface area contributed by atoms with Crippen molar-refractivity contribution >= 4 is 80.1 Å². The number of nitrogens with one attached hydrogen (secondary N) is 1. The first-order chi connectivity index (χ1) is 36.2. The molecule has 0 atom stereocenters. The van der Waals surface area contributed by atoms with E-state index < -0.39 is 5.97 Å². The molecule has 2 fully saturated rings. The van der Waals surface area contributed by atoms with E-state index in [0.717, 1.165) is 110 Å². The molecule has 2 aliphatic rings. The molecule has 8 aromatic heterocycles. The Balaban J connectivity index is 0.000000172. The molecule has 0 saturated carbocycles. The number of piperidine rings is 2. The Bertz CT molecular complexity index is 3300. The summed E-state index contributed by atoms with van der Waals surface area (Å²) >= 11 is 16.5. The molecule has 0 spiro atoms. The van der Waals surface area contributed by atoms with Crippen molar-refractivity contribution in [1.29, 1.82) is 0 Å². The number of aliphatic carboxylic acids is 1. The fourth-order valence-electron chi connectivity index (χ4n) is 8.74. The largest absolute Gasteiger partial charge is 0.480 e. The number of carboxylic acids is 1. The highest BCUT2D eigenvalue weighted by Gasteiger charge is 2.31. The minimum absolute atomic E-state index is 0.0575. The van der Waals surface area contributed by atoms with E-state index in [1.165, 1.54) is 22.2 Å². The van der Waals surface area contributed by atoms with Gasteiger partial charge in [0.2, 0.25) is 5.91 Å². The lowest BCUT2D eigenvalue weighted by Crippen LogP contribution is -2.39. The van der Waals surface area contributed by atoms with Crippen molar-refractivity contribution in [2.45, 2.75) is 155 Å². The first kappa shape index (κ1) is 57.3. The monoisotopic (exact) mass is 1120 g/mol. The van der Waals surface area contributed by atoms with Crippen LogP contribution in [0.15, 0.2) is 61.4 Å². The molecule has 1 amide bonds. The van der Waals surface area contributed by atoms with Crippen LogP contribution in [-0.4, -0.2) is 107 Å². The molecule has 17 nitrogen and oxygen atoms in total. The highest BCUT2D eigenvalue weighted by molar-refractivity contribution is 7.16. The third-order valence-corrected chi connectivity index (χ3v) is 16.1. The van der Waals surface area contributed by atoms with E-state index in [2.05, 4.69) is 114 Å². The predicted octanol–water partition coefficient (Wildman–Crippen LogP) is 11.8. The molecule has 8 aromatic rings. The Morgan fingerprint density at radius 2 is 1.03 bits per heavy atom. The van der Waals surface area contributed by atoms with Crippen molar-refractivity contribution in [2.24, 2.45) is 0 Å². The van der Waals surface area contributed by atoms with Crippen LogP contribution in [0, 0.1) is 0 Å². The van der Waals surface area contributed by atoms with Crippen LogP contribution in [0.3, 0.4) is 0 Å². The zero-order valence-electron chi connectivity index (χ0n) is 46.1. The molecule has 408 valence electrons. The van der Waals surface area contributed by atoms with E-state index in [1.807, 2.05) is 27.7 Å². The Hall–Kier alpha value is -5.86. The Morgan fingerprint density at radius 3 is 1.44 bits per heavy atom. The smallest absolute Gasteiger partial charge is 0.323 e. The Labute approximate surface area is 468 Å². The van der Waals surface area contributed by atoms with Crippen LogP contribution in [0.5, 0.6) is 0 Å². The van der Waals surface area contributed by atoms with Crippen molar-refractivity contribution in [1.82, 2.24) is 69.2 Å². The number of carboxylic acid groups (broad SMARTS) is 1. The third kappa shape index (κ3) is 14.1. The number of carbonyl (C=O) groups excluding carboxylic acids is 1. The molecule has 0 bridgehead atoms. The molecule has 0 aromatic carbocycles. The van der Waals surface area contributed by atoms with Crippen LogP contribution in [-0.2, 0) is 44.3 Å². The minimum atomic E-state index is -0.898. The normalized spacial score (nSPS) is 15.1. The predicted molar refractivity (Wildman–Crippen MR) is 307 cm³/mol. The van der Waals surface area contributed by atoms with Crippen molar-refractivity contribution in [3.8, 4) is 22.8 Å². The second-order valence-electron chi connectivity index (χ2n) is 23.8. The van der Waals surface area contributed by atoms with Gasteiger partial charge in [0.25, 0.3) is 0 Å². The summed E-state index contributed by atoms with van der Waals surface area (Å²) < 4.78 is 4.70. The van der Waals surface area contributed by atoms with Gasteiger partial charge in [-0.2, -0.15) is 0 Å². The second-order valence-corrected chi connectivity index (χ2v) is 27.0. The van der Waals surface area contributed by atoms with Crippen LogP contribution in [0.25, 0.3) is 45.1 Å². The van der Waals surface area contributed by atoms with Gasteiger partial charge in [0.05, 0.1) is 45.4 Å². The SMILES string of the molecule is CC(C)(C)c1cc(-c2nc(C3CCN(C(=O)Cn4cnc5cccnc54)CC3)sc2Cl)nc(C(C)(C)C)n1.CC(C)(C)c1cc(-c2nc(C3CCNCC3)sc2Cl)nc(C(C)(C)C)n1.O=C(O)Cn1cnc2cccnc21. The van der Waals surface area contributed by atoms with Crippen LogP contribution >= 0.6 is 45.9 Å². The summed E-state index contributed by atoms with van der Waals surface area (Å²) in [7, 11) is 0. The number of thiazole rings is 2. The summed E-state index contributed by atoms with van der Waals surface area (Å²) in [6.07, 6.45) is 10.4. The van der Waals surface area contributed by atoms with Gasteiger partial charge in [-0.25, -0.2) is 49.8 Å². The van der Waals surface area contributed by atoms with Crippen LogP contribution in [0.1, 0.15) is 154 Å². The molecule has 77 heavy (non-hydrogen) atoms. The van der Waals surface area contributed by atoms with Gasteiger partial charge in [0.1, 0.15) is 55.8 Å². The summed E-state index contributed by atoms with van der Waals surface area (Å²) in [4.78, 5) is 71.5. The average Bonchev–Trinajstić information content (AvgIpc) is 4.19. The van der Waals surface area contributed by atoms with Gasteiger partial charge >= 0.3 is 5.97 Å². The molecule has 0 unspecified atom stereocenters. The molecule has 21 heteroatoms. The van der Waals surface area contributed by atoms with Gasteiger partial charge in [0.15, 0.2) is 11.3 Å². The van der Waals surface area contributed by atoms with E-state index in [1.54, 1.807) is 42.2 Å². The highest BCUT2D eigenvalue weighted by Crippen LogP contribution is 2.41. The van der Waals surface area contributed by atoms with E-state index >= 15 is 0 Å². The number of pyridine rings is 2. The number of halogens is 2. The lowest BCUT2D eigenvalue weighted by molar-refractivity contribution is -0.137. The number of fused-ring (bicyclic) bond motifs is 2. The van der Waals surface area contributed by atoms with E-state index in [9.17, 15) is 9.59 Å². The molecule has 0 radical (unpaired) electrons. The number of carbonyl (C=O) groups is 2. The molecule has 10 rings (SSSR count). The maximum Gasteiger partial charge on any atom is 0.323 e. The number of hydrogen-bond acceptors (Lipinski definition) is 15. The van der Waals surface area contributed by atoms with Gasteiger partial charge in [0, 0.05) is 59.0 Å². The zero-order valence-corrected chi connectivity index (χ0v) is 49.3. The second kappa shape index (κ2) is 23.2. The van der Waals surface area contributed by atoms with E-state index in [0.29, 0.717) is 34.5 Å². The Morgan fingerprint density at radius 1 is 0.597 bits per heavy atom. The molecule has 10 heterocycles. The van der Waals surface area contributed by atoms with Crippen molar-refractivity contribution in [2.75, 3.05) is 26.2 Å². The molecular weight excluding hydrogens is 1050 g/mol. The molecule has 2 saturated heterocycles. The molecule has 2 N–H and O–H groups in total.